The summed E-state index contributed by atoms with van der Waals surface area (Å²) in [6, 6.07) is 9.73. The van der Waals surface area contributed by atoms with Crippen LogP contribution in [-0.4, -0.2) is 15.1 Å². The number of rotatable bonds is 4. The van der Waals surface area contributed by atoms with Crippen molar-refractivity contribution in [2.45, 2.75) is 31.7 Å². The minimum atomic E-state index is -0.111. The number of nitrogens with one attached hydrogen (secondary N) is 1. The molecule has 0 radical (unpaired) electrons. The minimum absolute atomic E-state index is 0.111. The van der Waals surface area contributed by atoms with Crippen LogP contribution in [0.3, 0.4) is 0 Å². The molecule has 0 saturated heterocycles. The van der Waals surface area contributed by atoms with E-state index in [1.807, 2.05) is 44.2 Å². The van der Waals surface area contributed by atoms with Crippen LogP contribution in [0.15, 0.2) is 44.8 Å². The van der Waals surface area contributed by atoms with Crippen molar-refractivity contribution >= 4 is 11.8 Å². The number of hydrogen-bond acceptors (Lipinski definition) is 5. The molecule has 0 aliphatic rings. The Morgan fingerprint density at radius 2 is 1.91 bits per heavy atom. The summed E-state index contributed by atoms with van der Waals surface area (Å²) in [6.45, 7) is 5.58. The molecule has 1 aromatic carbocycles. The second-order valence-corrected chi connectivity index (χ2v) is 6.27. The van der Waals surface area contributed by atoms with Crippen LogP contribution in [0.2, 0.25) is 0 Å². The number of H-pyrrole nitrogens is 1. The van der Waals surface area contributed by atoms with Crippen molar-refractivity contribution < 1.29 is 4.52 Å². The summed E-state index contributed by atoms with van der Waals surface area (Å²) >= 11 is 1.47. The van der Waals surface area contributed by atoms with Gasteiger partial charge in [0, 0.05) is 22.4 Å². The standard InChI is InChI=1S/C17H17N3O2S/c1-10-15(13-7-5-4-6-8-13)18-17(19-16(10)21)23-9-14-11(2)20-22-12(14)3/h4-8H,9H2,1-3H3,(H,18,19,21). The van der Waals surface area contributed by atoms with Crippen LogP contribution in [-0.2, 0) is 5.75 Å². The molecular formula is C17H17N3O2S. The molecule has 0 unspecified atom stereocenters. The predicted octanol–water partition coefficient (Wildman–Crippen LogP) is 3.64. The van der Waals surface area contributed by atoms with Gasteiger partial charge in [-0.3, -0.25) is 4.79 Å². The first kappa shape index (κ1) is 15.6. The van der Waals surface area contributed by atoms with E-state index >= 15 is 0 Å². The lowest BCUT2D eigenvalue weighted by Gasteiger charge is -2.07. The van der Waals surface area contributed by atoms with E-state index < -0.39 is 0 Å². The molecule has 0 bridgehead atoms. The van der Waals surface area contributed by atoms with Gasteiger partial charge >= 0.3 is 0 Å². The van der Waals surface area contributed by atoms with Gasteiger partial charge in [0.1, 0.15) is 5.76 Å². The van der Waals surface area contributed by atoms with Crippen molar-refractivity contribution in [3.05, 3.63) is 63.3 Å². The molecule has 0 fully saturated rings. The van der Waals surface area contributed by atoms with Crippen molar-refractivity contribution in [2.24, 2.45) is 0 Å². The number of nitrogens with zero attached hydrogens (tertiary/aromatic N) is 2. The van der Waals surface area contributed by atoms with Crippen LogP contribution in [0.25, 0.3) is 11.3 Å². The van der Waals surface area contributed by atoms with E-state index in [1.54, 1.807) is 6.92 Å². The second kappa shape index (κ2) is 6.42. The Morgan fingerprint density at radius 1 is 1.17 bits per heavy atom. The topological polar surface area (TPSA) is 71.8 Å². The Kier molecular flexibility index (Phi) is 4.34. The third-order valence-corrected chi connectivity index (χ3v) is 4.61. The Morgan fingerprint density at radius 3 is 2.57 bits per heavy atom. The van der Waals surface area contributed by atoms with Crippen LogP contribution >= 0.6 is 11.8 Å². The van der Waals surface area contributed by atoms with Gasteiger partial charge in [-0.2, -0.15) is 0 Å². The quantitative estimate of drug-likeness (QED) is 0.585. The molecule has 0 aliphatic carbocycles. The summed E-state index contributed by atoms with van der Waals surface area (Å²) in [5, 5.41) is 4.54. The molecule has 0 aliphatic heterocycles. The molecule has 23 heavy (non-hydrogen) atoms. The Balaban J connectivity index is 1.92. The molecule has 5 nitrogen and oxygen atoms in total. The zero-order chi connectivity index (χ0) is 16.4. The van der Waals surface area contributed by atoms with Gasteiger partial charge in [0.05, 0.1) is 11.4 Å². The number of aryl methyl sites for hydroxylation is 2. The Hall–Kier alpha value is -2.34. The van der Waals surface area contributed by atoms with Gasteiger partial charge in [-0.25, -0.2) is 4.98 Å². The van der Waals surface area contributed by atoms with E-state index in [4.69, 9.17) is 4.52 Å². The van der Waals surface area contributed by atoms with E-state index in [9.17, 15) is 4.79 Å². The van der Waals surface area contributed by atoms with E-state index in [2.05, 4.69) is 15.1 Å². The number of benzene rings is 1. The van der Waals surface area contributed by atoms with Gasteiger partial charge in [-0.05, 0) is 20.8 Å². The van der Waals surface area contributed by atoms with Gasteiger partial charge in [0.15, 0.2) is 5.16 Å². The molecule has 2 aromatic heterocycles. The normalized spacial score (nSPS) is 10.9. The number of aromatic nitrogens is 3. The average molecular weight is 327 g/mol. The average Bonchev–Trinajstić information content (AvgIpc) is 2.88. The molecule has 118 valence electrons. The van der Waals surface area contributed by atoms with Gasteiger partial charge < -0.3 is 9.51 Å². The second-order valence-electron chi connectivity index (χ2n) is 5.30. The lowest BCUT2D eigenvalue weighted by molar-refractivity contribution is 0.392. The molecule has 0 atom stereocenters. The van der Waals surface area contributed by atoms with Crippen molar-refractivity contribution in [3.8, 4) is 11.3 Å². The lowest BCUT2D eigenvalue weighted by Crippen LogP contribution is -2.14. The first-order valence-corrected chi connectivity index (χ1v) is 8.25. The van der Waals surface area contributed by atoms with Crippen molar-refractivity contribution in [1.82, 2.24) is 15.1 Å². The van der Waals surface area contributed by atoms with Crippen LogP contribution in [0.4, 0.5) is 0 Å². The summed E-state index contributed by atoms with van der Waals surface area (Å²) < 4.78 is 5.16. The molecule has 3 rings (SSSR count). The first-order chi connectivity index (χ1) is 11.1. The SMILES string of the molecule is Cc1noc(C)c1CSc1nc(-c2ccccc2)c(C)c(=O)[nH]1. The van der Waals surface area contributed by atoms with Crippen molar-refractivity contribution in [2.75, 3.05) is 0 Å². The van der Waals surface area contributed by atoms with Crippen LogP contribution in [0, 0.1) is 20.8 Å². The molecule has 0 saturated carbocycles. The van der Waals surface area contributed by atoms with Crippen LogP contribution in [0.5, 0.6) is 0 Å². The molecule has 0 spiro atoms. The van der Waals surface area contributed by atoms with E-state index in [0.717, 1.165) is 28.3 Å². The highest BCUT2D eigenvalue weighted by Crippen LogP contribution is 2.26. The molecule has 3 aromatic rings. The highest BCUT2D eigenvalue weighted by molar-refractivity contribution is 7.98. The zero-order valence-corrected chi connectivity index (χ0v) is 14.0. The fourth-order valence-electron chi connectivity index (χ4n) is 2.31. The zero-order valence-electron chi connectivity index (χ0n) is 13.2. The minimum Gasteiger partial charge on any atom is -0.361 e. The van der Waals surface area contributed by atoms with E-state index in [-0.39, 0.29) is 5.56 Å². The number of hydrogen-bond donors (Lipinski definition) is 1. The molecular weight excluding hydrogens is 310 g/mol. The van der Waals surface area contributed by atoms with Crippen molar-refractivity contribution in [3.63, 3.8) is 0 Å². The highest BCUT2D eigenvalue weighted by atomic mass is 32.2. The van der Waals surface area contributed by atoms with Gasteiger partial charge in [-0.15, -0.1) is 0 Å². The third-order valence-electron chi connectivity index (χ3n) is 3.71. The summed E-state index contributed by atoms with van der Waals surface area (Å²) in [5.41, 5.74) is 4.08. The maximum absolute atomic E-state index is 12.2. The predicted molar refractivity (Wildman–Crippen MR) is 90.6 cm³/mol. The van der Waals surface area contributed by atoms with Crippen molar-refractivity contribution in [1.29, 1.82) is 0 Å². The summed E-state index contributed by atoms with van der Waals surface area (Å²) in [7, 11) is 0. The number of aromatic amines is 1. The fourth-order valence-corrected chi connectivity index (χ4v) is 3.32. The van der Waals surface area contributed by atoms with Crippen LogP contribution < -0.4 is 5.56 Å². The number of thioether (sulfide) groups is 1. The Bertz CT molecular complexity index is 865. The Labute approximate surface area is 138 Å². The van der Waals surface area contributed by atoms with Gasteiger partial charge in [0.25, 0.3) is 5.56 Å². The molecule has 6 heteroatoms. The third kappa shape index (κ3) is 3.22. The first-order valence-electron chi connectivity index (χ1n) is 7.27. The molecule has 2 heterocycles. The van der Waals surface area contributed by atoms with Gasteiger partial charge in [-0.1, -0.05) is 47.3 Å². The largest absolute Gasteiger partial charge is 0.361 e. The highest BCUT2D eigenvalue weighted by Gasteiger charge is 2.13. The van der Waals surface area contributed by atoms with Crippen LogP contribution in [0.1, 0.15) is 22.6 Å². The van der Waals surface area contributed by atoms with Gasteiger partial charge in [0.2, 0.25) is 0 Å². The summed E-state index contributed by atoms with van der Waals surface area (Å²) in [5.74, 6) is 1.45. The monoisotopic (exact) mass is 327 g/mol. The molecule has 0 amide bonds. The van der Waals surface area contributed by atoms with E-state index in [1.165, 1.54) is 11.8 Å². The summed E-state index contributed by atoms with van der Waals surface area (Å²) in [6.07, 6.45) is 0. The maximum Gasteiger partial charge on any atom is 0.255 e. The fraction of sp³-hybridized carbons (Fsp3) is 0.235. The smallest absolute Gasteiger partial charge is 0.255 e. The molecule has 1 N–H and O–H groups in total. The lowest BCUT2D eigenvalue weighted by atomic mass is 10.1. The van der Waals surface area contributed by atoms with E-state index in [0.29, 0.717) is 16.5 Å². The summed E-state index contributed by atoms with van der Waals surface area (Å²) in [4.78, 5) is 19.6. The maximum atomic E-state index is 12.2.